The predicted octanol–water partition coefficient (Wildman–Crippen LogP) is 1.66. The van der Waals surface area contributed by atoms with Crippen LogP contribution in [0.1, 0.15) is 5.56 Å². The number of amides is 1. The minimum atomic E-state index is -1.40. The van der Waals surface area contributed by atoms with Crippen LogP contribution < -0.4 is 5.32 Å². The highest BCUT2D eigenvalue weighted by molar-refractivity contribution is 6.34. The van der Waals surface area contributed by atoms with Gasteiger partial charge in [-0.3, -0.25) is 4.79 Å². The van der Waals surface area contributed by atoms with Gasteiger partial charge in [-0.05, 0) is 29.8 Å². The fourth-order valence-corrected chi connectivity index (χ4v) is 1.64. The molecule has 0 fully saturated rings. The van der Waals surface area contributed by atoms with Crippen molar-refractivity contribution in [3.8, 4) is 0 Å². The van der Waals surface area contributed by atoms with Crippen molar-refractivity contribution in [3.05, 3.63) is 39.9 Å². The summed E-state index contributed by atoms with van der Waals surface area (Å²) in [7, 11) is 1.15. The molecular formula is C13H13Cl2NO4. The molecule has 0 aliphatic heterocycles. The molecule has 20 heavy (non-hydrogen) atoms. The number of methoxy groups -OCH3 is 1. The van der Waals surface area contributed by atoms with Gasteiger partial charge >= 0.3 is 5.97 Å². The molecule has 1 atom stereocenters. The maximum Gasteiger partial charge on any atom is 0.336 e. The zero-order valence-electron chi connectivity index (χ0n) is 10.6. The first kappa shape index (κ1) is 16.5. The number of hydrogen-bond acceptors (Lipinski definition) is 4. The molecule has 0 spiro atoms. The number of aliphatic hydroxyl groups is 1. The van der Waals surface area contributed by atoms with E-state index in [9.17, 15) is 14.7 Å². The largest absolute Gasteiger partial charge is 0.467 e. The molecular weight excluding hydrogens is 305 g/mol. The van der Waals surface area contributed by atoms with Gasteiger partial charge in [0.25, 0.3) is 0 Å². The monoisotopic (exact) mass is 317 g/mol. The van der Waals surface area contributed by atoms with Crippen LogP contribution in [-0.4, -0.2) is 36.7 Å². The summed E-state index contributed by atoms with van der Waals surface area (Å²) in [6.07, 6.45) is 1.31. The second-order valence-corrected chi connectivity index (χ2v) is 4.63. The quantitative estimate of drug-likeness (QED) is 0.639. The molecule has 2 N–H and O–H groups in total. The Kier molecular flexibility index (Phi) is 6.51. The number of rotatable bonds is 5. The molecule has 5 nitrogen and oxygen atoms in total. The highest BCUT2D eigenvalue weighted by atomic mass is 35.5. The lowest BCUT2D eigenvalue weighted by molar-refractivity contribution is -0.150. The second kappa shape index (κ2) is 7.89. The van der Waals surface area contributed by atoms with Gasteiger partial charge in [0.2, 0.25) is 5.91 Å². The number of carbonyl (C=O) groups excluding carboxylic acids is 2. The number of carbonyl (C=O) groups is 2. The van der Waals surface area contributed by atoms with Gasteiger partial charge in [0.15, 0.2) is 6.10 Å². The van der Waals surface area contributed by atoms with E-state index in [1.807, 2.05) is 0 Å². The molecule has 0 aromatic heterocycles. The van der Waals surface area contributed by atoms with Crippen LogP contribution in [0, 0.1) is 0 Å². The van der Waals surface area contributed by atoms with Crippen molar-refractivity contribution in [2.45, 2.75) is 6.10 Å². The van der Waals surface area contributed by atoms with Gasteiger partial charge in [0.05, 0.1) is 13.7 Å². The molecule has 1 rings (SSSR count). The summed E-state index contributed by atoms with van der Waals surface area (Å²) in [4.78, 5) is 22.4. The van der Waals surface area contributed by atoms with Gasteiger partial charge in [-0.2, -0.15) is 0 Å². The third kappa shape index (κ3) is 5.21. The number of aliphatic hydroxyl groups excluding tert-OH is 1. The summed E-state index contributed by atoms with van der Waals surface area (Å²) in [5.74, 6) is -1.30. The van der Waals surface area contributed by atoms with E-state index in [0.717, 1.165) is 7.11 Å². The molecule has 0 saturated carbocycles. The molecule has 0 bridgehead atoms. The molecule has 1 amide bonds. The summed E-state index contributed by atoms with van der Waals surface area (Å²) >= 11 is 11.7. The number of halogens is 2. The molecule has 1 aromatic rings. The van der Waals surface area contributed by atoms with E-state index in [2.05, 4.69) is 10.1 Å². The molecule has 7 heteroatoms. The maximum absolute atomic E-state index is 11.5. The number of ether oxygens (including phenoxy) is 1. The fourth-order valence-electron chi connectivity index (χ4n) is 1.28. The summed E-state index contributed by atoms with van der Waals surface area (Å²) in [5, 5.41) is 12.6. The van der Waals surface area contributed by atoms with Crippen molar-refractivity contribution in [2.75, 3.05) is 13.7 Å². The first-order valence-corrected chi connectivity index (χ1v) is 6.36. The van der Waals surface area contributed by atoms with E-state index in [0.29, 0.717) is 15.6 Å². The van der Waals surface area contributed by atoms with Crippen molar-refractivity contribution in [1.29, 1.82) is 0 Å². The molecule has 0 aliphatic carbocycles. The summed E-state index contributed by atoms with van der Waals surface area (Å²) in [6, 6.07) is 4.85. The van der Waals surface area contributed by atoms with Crippen molar-refractivity contribution >= 4 is 41.2 Å². The van der Waals surface area contributed by atoms with Crippen molar-refractivity contribution in [3.63, 3.8) is 0 Å². The number of nitrogens with one attached hydrogen (secondary N) is 1. The second-order valence-electron chi connectivity index (χ2n) is 3.78. The Hall–Kier alpha value is -1.56. The van der Waals surface area contributed by atoms with Crippen LogP contribution in [0.15, 0.2) is 24.3 Å². The Morgan fingerprint density at radius 3 is 2.80 bits per heavy atom. The van der Waals surface area contributed by atoms with Crippen LogP contribution in [0.3, 0.4) is 0 Å². The van der Waals surface area contributed by atoms with Crippen LogP contribution >= 0.6 is 23.2 Å². The first-order valence-electron chi connectivity index (χ1n) is 5.61. The van der Waals surface area contributed by atoms with E-state index < -0.39 is 18.0 Å². The number of hydrogen-bond donors (Lipinski definition) is 2. The van der Waals surface area contributed by atoms with Crippen molar-refractivity contribution in [2.24, 2.45) is 0 Å². The highest BCUT2D eigenvalue weighted by Crippen LogP contribution is 2.21. The molecule has 0 radical (unpaired) electrons. The van der Waals surface area contributed by atoms with E-state index in [-0.39, 0.29) is 6.54 Å². The molecule has 1 aromatic carbocycles. The average Bonchev–Trinajstić information content (AvgIpc) is 2.44. The lowest BCUT2D eigenvalue weighted by atomic mass is 10.2. The Bertz CT molecular complexity index is 531. The van der Waals surface area contributed by atoms with Crippen LogP contribution in [-0.2, 0) is 14.3 Å². The minimum Gasteiger partial charge on any atom is -0.467 e. The van der Waals surface area contributed by atoms with Crippen LogP contribution in [0.5, 0.6) is 0 Å². The first-order chi connectivity index (χ1) is 9.43. The van der Waals surface area contributed by atoms with Gasteiger partial charge in [0.1, 0.15) is 0 Å². The number of esters is 1. The van der Waals surface area contributed by atoms with Crippen molar-refractivity contribution < 1.29 is 19.4 Å². The maximum atomic E-state index is 11.5. The lowest BCUT2D eigenvalue weighted by Crippen LogP contribution is -2.36. The van der Waals surface area contributed by atoms with Gasteiger partial charge in [-0.1, -0.05) is 23.2 Å². The smallest absolute Gasteiger partial charge is 0.336 e. The van der Waals surface area contributed by atoms with E-state index in [1.54, 1.807) is 18.2 Å². The van der Waals surface area contributed by atoms with E-state index >= 15 is 0 Å². The van der Waals surface area contributed by atoms with Crippen LogP contribution in [0.2, 0.25) is 10.0 Å². The Labute approximate surface area is 126 Å². The lowest BCUT2D eigenvalue weighted by Gasteiger charge is -2.08. The standard InChI is InChI=1S/C13H13Cl2NO4/c1-20-13(19)11(17)7-16-12(18)5-2-8-6-9(14)3-4-10(8)15/h2-6,11,17H,7H2,1H3,(H,16,18)/b5-2+. The Morgan fingerprint density at radius 2 is 2.15 bits per heavy atom. The van der Waals surface area contributed by atoms with Crippen LogP contribution in [0.4, 0.5) is 0 Å². The SMILES string of the molecule is COC(=O)C(O)CNC(=O)/C=C/c1cc(Cl)ccc1Cl. The zero-order chi connectivity index (χ0) is 15.1. The number of benzene rings is 1. The van der Waals surface area contributed by atoms with Crippen LogP contribution in [0.25, 0.3) is 6.08 Å². The average molecular weight is 318 g/mol. The van der Waals surface area contributed by atoms with E-state index in [1.165, 1.54) is 12.2 Å². The van der Waals surface area contributed by atoms with Gasteiger partial charge in [0, 0.05) is 16.1 Å². The normalized spacial score (nSPS) is 12.2. The van der Waals surface area contributed by atoms with Crippen molar-refractivity contribution in [1.82, 2.24) is 5.32 Å². The Morgan fingerprint density at radius 1 is 1.45 bits per heavy atom. The molecule has 0 saturated heterocycles. The third-order valence-corrected chi connectivity index (χ3v) is 2.89. The van der Waals surface area contributed by atoms with Gasteiger partial charge in [-0.25, -0.2) is 4.79 Å². The predicted molar refractivity (Wildman–Crippen MR) is 76.5 cm³/mol. The summed E-state index contributed by atoms with van der Waals surface area (Å²) in [5.41, 5.74) is 0.586. The highest BCUT2D eigenvalue weighted by Gasteiger charge is 2.15. The Balaban J connectivity index is 2.56. The molecule has 108 valence electrons. The molecule has 0 aliphatic rings. The van der Waals surface area contributed by atoms with E-state index in [4.69, 9.17) is 23.2 Å². The minimum absolute atomic E-state index is 0.237. The van der Waals surface area contributed by atoms with Gasteiger partial charge < -0.3 is 15.2 Å². The fraction of sp³-hybridized carbons (Fsp3) is 0.231. The topological polar surface area (TPSA) is 75.6 Å². The third-order valence-electron chi connectivity index (χ3n) is 2.32. The summed E-state index contributed by atoms with van der Waals surface area (Å²) < 4.78 is 4.31. The molecule has 0 heterocycles. The molecule has 1 unspecified atom stereocenters. The van der Waals surface area contributed by atoms with Gasteiger partial charge in [-0.15, -0.1) is 0 Å². The summed E-state index contributed by atoms with van der Waals surface area (Å²) in [6.45, 7) is -0.237. The zero-order valence-corrected chi connectivity index (χ0v) is 12.1.